The topological polar surface area (TPSA) is 56.2 Å². The van der Waals surface area contributed by atoms with Crippen molar-refractivity contribution in [2.45, 2.75) is 13.2 Å². The van der Waals surface area contributed by atoms with Gasteiger partial charge < -0.3 is 10.1 Å². The minimum atomic E-state index is -0.139. The number of nitrogens with one attached hydrogen (secondary N) is 1. The molecule has 1 N–H and O–H groups in total. The number of aryl methyl sites for hydroxylation is 1. The molecule has 132 valence electrons. The molecule has 0 saturated carbocycles. The Bertz CT molecular complexity index is 885. The Morgan fingerprint density at radius 3 is 2.73 bits per heavy atom. The Balaban J connectivity index is 1.50. The van der Waals surface area contributed by atoms with E-state index in [2.05, 4.69) is 10.4 Å². The minimum absolute atomic E-state index is 0.139. The van der Waals surface area contributed by atoms with E-state index in [0.29, 0.717) is 13.2 Å². The first-order valence-electron chi connectivity index (χ1n) is 8.39. The number of amides is 1. The lowest BCUT2D eigenvalue weighted by Crippen LogP contribution is -2.20. The molecule has 26 heavy (non-hydrogen) atoms. The molecule has 0 saturated heterocycles. The number of benzene rings is 2. The lowest BCUT2D eigenvalue weighted by Gasteiger charge is -2.08. The van der Waals surface area contributed by atoms with Gasteiger partial charge in [0.05, 0.1) is 6.20 Å². The first kappa shape index (κ1) is 17.5. The van der Waals surface area contributed by atoms with Crippen molar-refractivity contribution in [2.75, 3.05) is 0 Å². The fraction of sp³-hybridized carbons (Fsp3) is 0.143. The van der Waals surface area contributed by atoms with Crippen LogP contribution in [0.2, 0.25) is 0 Å². The quantitative estimate of drug-likeness (QED) is 0.667. The van der Waals surface area contributed by atoms with E-state index in [1.54, 1.807) is 17.0 Å². The summed E-state index contributed by atoms with van der Waals surface area (Å²) in [5.74, 6) is 0.700. The van der Waals surface area contributed by atoms with Gasteiger partial charge in [-0.05, 0) is 29.3 Å². The molecule has 0 spiro atoms. The summed E-state index contributed by atoms with van der Waals surface area (Å²) in [6, 6.07) is 17.7. The summed E-state index contributed by atoms with van der Waals surface area (Å²) in [6.45, 7) is 0.960. The summed E-state index contributed by atoms with van der Waals surface area (Å²) >= 11 is 0. The Hall–Kier alpha value is -3.34. The maximum Gasteiger partial charge on any atom is 0.244 e. The predicted octanol–water partition coefficient (Wildman–Crippen LogP) is 3.33. The summed E-state index contributed by atoms with van der Waals surface area (Å²) in [7, 11) is 1.84. The first-order chi connectivity index (χ1) is 12.7. The molecule has 0 bridgehead atoms. The molecular formula is C21H21N3O2. The van der Waals surface area contributed by atoms with Crippen molar-refractivity contribution in [3.8, 4) is 5.75 Å². The Labute approximate surface area is 152 Å². The summed E-state index contributed by atoms with van der Waals surface area (Å²) < 4.78 is 7.45. The molecule has 3 aromatic rings. The van der Waals surface area contributed by atoms with E-state index in [4.69, 9.17) is 4.74 Å². The van der Waals surface area contributed by atoms with Crippen LogP contribution in [0.4, 0.5) is 0 Å². The highest BCUT2D eigenvalue weighted by Gasteiger charge is 2.01. The van der Waals surface area contributed by atoms with Gasteiger partial charge in [0.1, 0.15) is 12.4 Å². The molecule has 1 aromatic heterocycles. The van der Waals surface area contributed by atoms with Crippen molar-refractivity contribution >= 4 is 12.0 Å². The third kappa shape index (κ3) is 5.34. The van der Waals surface area contributed by atoms with Crippen molar-refractivity contribution < 1.29 is 9.53 Å². The fourth-order valence-electron chi connectivity index (χ4n) is 2.46. The van der Waals surface area contributed by atoms with Gasteiger partial charge in [-0.25, -0.2) is 0 Å². The normalized spacial score (nSPS) is 10.8. The Morgan fingerprint density at radius 1 is 1.15 bits per heavy atom. The van der Waals surface area contributed by atoms with Crippen molar-refractivity contribution in [3.63, 3.8) is 0 Å². The molecule has 0 aliphatic heterocycles. The standard InChI is InChI=1S/C21H21N3O2/c1-24-15-19(14-23-24)10-11-21(25)22-13-17-6-5-7-18(12-17)16-26-20-8-3-2-4-9-20/h2-12,14-15H,13,16H2,1H3,(H,22,25)/b11-10+. The van der Waals surface area contributed by atoms with Gasteiger partial charge in [0.2, 0.25) is 5.91 Å². The van der Waals surface area contributed by atoms with E-state index in [9.17, 15) is 4.79 Å². The monoisotopic (exact) mass is 347 g/mol. The van der Waals surface area contributed by atoms with E-state index < -0.39 is 0 Å². The molecule has 0 atom stereocenters. The smallest absolute Gasteiger partial charge is 0.244 e. The maximum atomic E-state index is 11.9. The molecule has 0 unspecified atom stereocenters. The van der Waals surface area contributed by atoms with Gasteiger partial charge in [0.15, 0.2) is 0 Å². The van der Waals surface area contributed by atoms with Crippen LogP contribution in [0.1, 0.15) is 16.7 Å². The van der Waals surface area contributed by atoms with Crippen molar-refractivity contribution in [1.29, 1.82) is 0 Å². The highest BCUT2D eigenvalue weighted by Crippen LogP contribution is 2.12. The lowest BCUT2D eigenvalue weighted by molar-refractivity contribution is -0.116. The van der Waals surface area contributed by atoms with E-state index >= 15 is 0 Å². The summed E-state index contributed by atoms with van der Waals surface area (Å²) in [4.78, 5) is 11.9. The minimum Gasteiger partial charge on any atom is -0.489 e. The van der Waals surface area contributed by atoms with E-state index in [0.717, 1.165) is 22.4 Å². The molecule has 1 heterocycles. The van der Waals surface area contributed by atoms with Crippen LogP contribution < -0.4 is 10.1 Å². The summed E-state index contributed by atoms with van der Waals surface area (Å²) in [5, 5.41) is 6.94. The van der Waals surface area contributed by atoms with Gasteiger partial charge in [-0.3, -0.25) is 9.48 Å². The number of rotatable bonds is 7. The summed E-state index contributed by atoms with van der Waals surface area (Å²) in [5.41, 5.74) is 2.98. The van der Waals surface area contributed by atoms with Crippen molar-refractivity contribution in [1.82, 2.24) is 15.1 Å². The second kappa shape index (κ2) is 8.67. The molecular weight excluding hydrogens is 326 g/mol. The Morgan fingerprint density at radius 2 is 1.96 bits per heavy atom. The zero-order valence-electron chi connectivity index (χ0n) is 14.6. The molecule has 0 radical (unpaired) electrons. The van der Waals surface area contributed by atoms with Crippen LogP contribution in [-0.2, 0) is 25.0 Å². The zero-order chi connectivity index (χ0) is 18.2. The highest BCUT2D eigenvalue weighted by molar-refractivity contribution is 5.91. The van der Waals surface area contributed by atoms with Crippen LogP contribution in [0.5, 0.6) is 5.75 Å². The first-order valence-corrected chi connectivity index (χ1v) is 8.39. The molecule has 1 amide bonds. The molecule has 2 aromatic carbocycles. The molecule has 5 nitrogen and oxygen atoms in total. The van der Waals surface area contributed by atoms with Crippen LogP contribution in [0.25, 0.3) is 6.08 Å². The fourth-order valence-corrected chi connectivity index (χ4v) is 2.46. The number of hydrogen-bond donors (Lipinski definition) is 1. The van der Waals surface area contributed by atoms with E-state index in [1.165, 1.54) is 6.08 Å². The summed E-state index contributed by atoms with van der Waals surface area (Å²) in [6.07, 6.45) is 6.81. The van der Waals surface area contributed by atoms with E-state index in [1.807, 2.05) is 67.8 Å². The lowest BCUT2D eigenvalue weighted by atomic mass is 10.1. The van der Waals surface area contributed by atoms with Gasteiger partial charge in [0.25, 0.3) is 0 Å². The van der Waals surface area contributed by atoms with Crippen molar-refractivity contribution in [2.24, 2.45) is 7.05 Å². The maximum absolute atomic E-state index is 11.9. The number of carbonyl (C=O) groups excluding carboxylic acids is 1. The average Bonchev–Trinajstić information content (AvgIpc) is 3.09. The SMILES string of the molecule is Cn1cc(/C=C/C(=O)NCc2cccc(COc3ccccc3)c2)cn1. The van der Waals surface area contributed by atoms with Gasteiger partial charge >= 0.3 is 0 Å². The van der Waals surface area contributed by atoms with Crippen LogP contribution in [-0.4, -0.2) is 15.7 Å². The molecule has 0 fully saturated rings. The molecule has 5 heteroatoms. The second-order valence-corrected chi connectivity index (χ2v) is 5.92. The number of carbonyl (C=O) groups is 1. The van der Waals surface area contributed by atoms with Crippen LogP contribution in [0.3, 0.4) is 0 Å². The van der Waals surface area contributed by atoms with Crippen LogP contribution in [0, 0.1) is 0 Å². The number of para-hydroxylation sites is 1. The zero-order valence-corrected chi connectivity index (χ0v) is 14.6. The molecule has 3 rings (SSSR count). The number of aromatic nitrogens is 2. The van der Waals surface area contributed by atoms with Gasteiger partial charge in [-0.2, -0.15) is 5.10 Å². The number of ether oxygens (including phenoxy) is 1. The second-order valence-electron chi connectivity index (χ2n) is 5.92. The predicted molar refractivity (Wildman–Crippen MR) is 101 cm³/mol. The highest BCUT2D eigenvalue weighted by atomic mass is 16.5. The van der Waals surface area contributed by atoms with Crippen molar-refractivity contribution in [3.05, 3.63) is 89.8 Å². The largest absolute Gasteiger partial charge is 0.489 e. The van der Waals surface area contributed by atoms with Crippen LogP contribution in [0.15, 0.2) is 73.1 Å². The third-order valence-electron chi connectivity index (χ3n) is 3.76. The molecule has 0 aliphatic rings. The van der Waals surface area contributed by atoms with E-state index in [-0.39, 0.29) is 5.91 Å². The third-order valence-corrected chi connectivity index (χ3v) is 3.76. The Kier molecular flexibility index (Phi) is 5.83. The molecule has 0 aliphatic carbocycles. The number of nitrogens with zero attached hydrogens (tertiary/aromatic N) is 2. The van der Waals surface area contributed by atoms with Gasteiger partial charge in [-0.1, -0.05) is 42.5 Å². The number of hydrogen-bond acceptors (Lipinski definition) is 3. The average molecular weight is 347 g/mol. The van der Waals surface area contributed by atoms with Gasteiger partial charge in [-0.15, -0.1) is 0 Å². The van der Waals surface area contributed by atoms with Gasteiger partial charge in [0, 0.05) is 31.4 Å². The van der Waals surface area contributed by atoms with Crippen LogP contribution >= 0.6 is 0 Å².